The molecule has 0 spiro atoms. The Bertz CT molecular complexity index is 634. The topological polar surface area (TPSA) is 21.3 Å². The van der Waals surface area contributed by atoms with Gasteiger partial charge >= 0.3 is 0 Å². The van der Waals surface area contributed by atoms with Gasteiger partial charge in [-0.1, -0.05) is 23.7 Å². The summed E-state index contributed by atoms with van der Waals surface area (Å²) in [7, 11) is 1.83. The summed E-state index contributed by atoms with van der Waals surface area (Å²) in [4.78, 5) is 0. The van der Waals surface area contributed by atoms with E-state index in [0.717, 1.165) is 16.7 Å². The lowest BCUT2D eigenvalue weighted by molar-refractivity contribution is 0.423. The summed E-state index contributed by atoms with van der Waals surface area (Å²) in [6.45, 7) is 5.76. The number of hydrogen-bond acceptors (Lipinski definition) is 2. The molecule has 0 aliphatic heterocycles. The lowest BCUT2D eigenvalue weighted by Crippen LogP contribution is -2.14. The molecule has 1 N–H and O–H groups in total. The molecule has 0 fully saturated rings. The maximum Gasteiger partial charge on any atom is 0.167 e. The Kier molecular flexibility index (Phi) is 4.86. The minimum Gasteiger partial charge on any atom is -0.453 e. The van der Waals surface area contributed by atoms with Crippen LogP contribution in [0.3, 0.4) is 0 Å². The molecule has 4 heteroatoms. The lowest BCUT2D eigenvalue weighted by Gasteiger charge is -2.19. The molecule has 2 rings (SSSR count). The van der Waals surface area contributed by atoms with Crippen molar-refractivity contribution in [2.45, 2.75) is 26.8 Å². The highest BCUT2D eigenvalue weighted by molar-refractivity contribution is 6.30. The van der Waals surface area contributed by atoms with Crippen LogP contribution in [0.15, 0.2) is 30.3 Å². The second-order valence-electron chi connectivity index (χ2n) is 5.14. The average Bonchev–Trinajstić information content (AvgIpc) is 2.43. The maximum atomic E-state index is 14.2. The fourth-order valence-electron chi connectivity index (χ4n) is 2.29. The number of benzene rings is 2. The molecule has 0 aliphatic carbocycles. The highest BCUT2D eigenvalue weighted by Crippen LogP contribution is 2.36. The van der Waals surface area contributed by atoms with E-state index in [1.165, 1.54) is 6.07 Å². The number of ether oxygens (including phenoxy) is 1. The average molecular weight is 308 g/mol. The van der Waals surface area contributed by atoms with Gasteiger partial charge in [0.15, 0.2) is 11.6 Å². The minimum atomic E-state index is -0.372. The Labute approximate surface area is 129 Å². The molecular formula is C17H19ClFNO. The van der Waals surface area contributed by atoms with Gasteiger partial charge in [-0.3, -0.25) is 0 Å². The monoisotopic (exact) mass is 307 g/mol. The molecule has 0 saturated carbocycles. The van der Waals surface area contributed by atoms with Gasteiger partial charge in [0.2, 0.25) is 0 Å². The smallest absolute Gasteiger partial charge is 0.167 e. The summed E-state index contributed by atoms with van der Waals surface area (Å²) in [5.41, 5.74) is 2.55. The Balaban J connectivity index is 2.49. The Morgan fingerprint density at radius 3 is 2.33 bits per heavy atom. The van der Waals surface area contributed by atoms with Crippen molar-refractivity contribution in [2.75, 3.05) is 7.05 Å². The fourth-order valence-corrected chi connectivity index (χ4v) is 2.62. The van der Waals surface area contributed by atoms with Crippen LogP contribution in [0.4, 0.5) is 4.39 Å². The Hall–Kier alpha value is -1.58. The first kappa shape index (κ1) is 15.8. The fraction of sp³-hybridized carbons (Fsp3) is 0.294. The van der Waals surface area contributed by atoms with E-state index in [4.69, 9.17) is 16.3 Å². The number of hydrogen-bond donors (Lipinski definition) is 1. The van der Waals surface area contributed by atoms with Gasteiger partial charge in [0.05, 0.1) is 0 Å². The predicted octanol–water partition coefficient (Wildman–Crippen LogP) is 5.17. The number of nitrogens with one attached hydrogen (secondary N) is 1. The summed E-state index contributed by atoms with van der Waals surface area (Å²) in [5, 5.41) is 3.75. The van der Waals surface area contributed by atoms with Crippen LogP contribution in [0.1, 0.15) is 29.7 Å². The number of para-hydroxylation sites is 1. The zero-order chi connectivity index (χ0) is 15.6. The first-order chi connectivity index (χ1) is 9.93. The zero-order valence-electron chi connectivity index (χ0n) is 12.6. The molecule has 112 valence electrons. The van der Waals surface area contributed by atoms with Crippen molar-refractivity contribution in [1.82, 2.24) is 5.32 Å². The van der Waals surface area contributed by atoms with Gasteiger partial charge in [-0.05, 0) is 57.1 Å². The number of rotatable bonds is 4. The molecule has 1 atom stereocenters. The van der Waals surface area contributed by atoms with E-state index in [2.05, 4.69) is 5.32 Å². The van der Waals surface area contributed by atoms with Crippen molar-refractivity contribution in [3.05, 3.63) is 57.9 Å². The van der Waals surface area contributed by atoms with Crippen LogP contribution in [0, 0.1) is 19.7 Å². The van der Waals surface area contributed by atoms with Crippen LogP contribution < -0.4 is 10.1 Å². The summed E-state index contributed by atoms with van der Waals surface area (Å²) < 4.78 is 20.1. The van der Waals surface area contributed by atoms with Gasteiger partial charge < -0.3 is 10.1 Å². The molecule has 2 aromatic carbocycles. The zero-order valence-corrected chi connectivity index (χ0v) is 13.4. The number of halogens is 2. The molecule has 0 heterocycles. The third kappa shape index (κ3) is 3.36. The predicted molar refractivity (Wildman–Crippen MR) is 84.9 cm³/mol. The van der Waals surface area contributed by atoms with Crippen molar-refractivity contribution in [3.63, 3.8) is 0 Å². The molecule has 0 radical (unpaired) electrons. The SMILES string of the molecule is CNC(C)c1cccc(F)c1Oc1c(C)cc(Cl)cc1C. The van der Waals surface area contributed by atoms with Crippen molar-refractivity contribution in [3.8, 4) is 11.5 Å². The molecule has 0 saturated heterocycles. The summed E-state index contributed by atoms with van der Waals surface area (Å²) in [6.07, 6.45) is 0. The van der Waals surface area contributed by atoms with E-state index in [0.29, 0.717) is 10.8 Å². The Morgan fingerprint density at radius 1 is 1.14 bits per heavy atom. The highest BCUT2D eigenvalue weighted by atomic mass is 35.5. The summed E-state index contributed by atoms with van der Waals surface area (Å²) in [6, 6.07) is 8.57. The van der Waals surface area contributed by atoms with Crippen LogP contribution in [0.25, 0.3) is 0 Å². The van der Waals surface area contributed by atoms with Crippen LogP contribution in [-0.2, 0) is 0 Å². The Morgan fingerprint density at radius 2 is 1.76 bits per heavy atom. The van der Waals surface area contributed by atoms with Crippen molar-refractivity contribution < 1.29 is 9.13 Å². The van der Waals surface area contributed by atoms with Gasteiger partial charge in [0, 0.05) is 16.6 Å². The minimum absolute atomic E-state index is 0.0105. The van der Waals surface area contributed by atoms with Gasteiger partial charge in [-0.15, -0.1) is 0 Å². The number of aryl methyl sites for hydroxylation is 2. The summed E-state index contributed by atoms with van der Waals surface area (Å²) >= 11 is 6.02. The lowest BCUT2D eigenvalue weighted by atomic mass is 10.1. The van der Waals surface area contributed by atoms with Gasteiger partial charge in [0.25, 0.3) is 0 Å². The van der Waals surface area contributed by atoms with Crippen LogP contribution in [0.5, 0.6) is 11.5 Å². The maximum absolute atomic E-state index is 14.2. The van der Waals surface area contributed by atoms with E-state index >= 15 is 0 Å². The van der Waals surface area contributed by atoms with E-state index in [1.54, 1.807) is 6.07 Å². The van der Waals surface area contributed by atoms with E-state index in [1.807, 2.05) is 46.0 Å². The van der Waals surface area contributed by atoms with Crippen molar-refractivity contribution in [1.29, 1.82) is 0 Å². The second kappa shape index (κ2) is 6.46. The quantitative estimate of drug-likeness (QED) is 0.841. The largest absolute Gasteiger partial charge is 0.453 e. The standard InChI is InChI=1S/C17H19ClFNO/c1-10-8-13(18)9-11(2)16(10)21-17-14(12(3)20-4)6-5-7-15(17)19/h5-9,12,20H,1-4H3. The van der Waals surface area contributed by atoms with E-state index in [9.17, 15) is 4.39 Å². The van der Waals surface area contributed by atoms with Crippen LogP contribution in [-0.4, -0.2) is 7.05 Å². The molecule has 21 heavy (non-hydrogen) atoms. The first-order valence-corrected chi connectivity index (χ1v) is 7.22. The third-order valence-corrected chi connectivity index (χ3v) is 3.74. The highest BCUT2D eigenvalue weighted by Gasteiger charge is 2.17. The first-order valence-electron chi connectivity index (χ1n) is 6.84. The van der Waals surface area contributed by atoms with Gasteiger partial charge in [-0.25, -0.2) is 4.39 Å². The molecule has 2 nitrogen and oxygen atoms in total. The third-order valence-electron chi connectivity index (χ3n) is 3.53. The normalized spacial score (nSPS) is 12.3. The van der Waals surface area contributed by atoms with E-state index < -0.39 is 0 Å². The molecule has 0 aliphatic rings. The van der Waals surface area contributed by atoms with Gasteiger partial charge in [0.1, 0.15) is 5.75 Å². The molecule has 1 unspecified atom stereocenters. The van der Waals surface area contributed by atoms with E-state index in [-0.39, 0.29) is 17.6 Å². The van der Waals surface area contributed by atoms with Crippen molar-refractivity contribution >= 4 is 11.6 Å². The molecule has 2 aromatic rings. The van der Waals surface area contributed by atoms with Crippen molar-refractivity contribution in [2.24, 2.45) is 0 Å². The van der Waals surface area contributed by atoms with Crippen LogP contribution >= 0.6 is 11.6 Å². The second-order valence-corrected chi connectivity index (χ2v) is 5.58. The van der Waals surface area contributed by atoms with Crippen LogP contribution in [0.2, 0.25) is 5.02 Å². The van der Waals surface area contributed by atoms with Gasteiger partial charge in [-0.2, -0.15) is 0 Å². The molecule has 0 aromatic heterocycles. The summed E-state index contributed by atoms with van der Waals surface area (Å²) in [5.74, 6) is 0.533. The molecule has 0 amide bonds. The molecular weight excluding hydrogens is 289 g/mol. The molecule has 0 bridgehead atoms.